The molecule has 0 radical (unpaired) electrons. The minimum atomic E-state index is -0.147. The van der Waals surface area contributed by atoms with E-state index in [0.717, 1.165) is 12.8 Å². The van der Waals surface area contributed by atoms with Crippen LogP contribution < -0.4 is 59.1 Å². The van der Waals surface area contributed by atoms with Gasteiger partial charge in [0, 0.05) is 5.41 Å². The van der Waals surface area contributed by atoms with Crippen LogP contribution in [0.3, 0.4) is 0 Å². The molecule has 0 saturated carbocycles. The summed E-state index contributed by atoms with van der Waals surface area (Å²) in [4.78, 5) is 0. The Hall–Kier alpha value is 0.780. The van der Waals surface area contributed by atoms with Crippen molar-refractivity contribution in [2.24, 2.45) is 32.5 Å². The van der Waals surface area contributed by atoms with Crippen molar-refractivity contribution in [3.05, 3.63) is 51.0 Å². The summed E-state index contributed by atoms with van der Waals surface area (Å²) in [5.41, 5.74) is 3.13. The van der Waals surface area contributed by atoms with Crippen molar-refractivity contribution in [2.45, 2.75) is 131 Å². The van der Waals surface area contributed by atoms with Gasteiger partial charge in [0.1, 0.15) is 0 Å². The third kappa shape index (κ3) is 10.9. The molecule has 0 nitrogen and oxygen atoms in total. The third-order valence-corrected chi connectivity index (χ3v) is 10.7. The molecule has 0 aliphatic rings. The van der Waals surface area contributed by atoms with Gasteiger partial charge in [0.2, 0.25) is 0 Å². The van der Waals surface area contributed by atoms with Crippen molar-refractivity contribution < 1.29 is 59.1 Å². The first-order chi connectivity index (χ1) is 14.3. The summed E-state index contributed by atoms with van der Waals surface area (Å²) in [5.74, 6) is 5.78. The summed E-state index contributed by atoms with van der Waals surface area (Å²) in [7, 11) is 0. The van der Waals surface area contributed by atoms with Crippen LogP contribution in [0, 0.1) is 71.5 Å². The molecule has 0 unspecified atom stereocenters. The molecular formula is C35H66Na2-2. The van der Waals surface area contributed by atoms with Crippen molar-refractivity contribution in [3.8, 4) is 12.3 Å². The van der Waals surface area contributed by atoms with Crippen molar-refractivity contribution in [1.82, 2.24) is 0 Å². The van der Waals surface area contributed by atoms with Crippen LogP contribution in [0.5, 0.6) is 0 Å². The van der Waals surface area contributed by atoms with Gasteiger partial charge in [0.05, 0.1) is 0 Å². The molecule has 0 heterocycles. The summed E-state index contributed by atoms with van der Waals surface area (Å²) in [6.45, 7) is 47.0. The SMILES string of the molecule is C#CC(C)(C)C(C)(C)C(C)(C)[C-](C)C(=C)CC.C=C(CC)[C-](C)C(C)(C)C(C)(C)C(C)(C)C.[CH3-].[CH3-].[Na+].[Na+]. The molecule has 0 aromatic heterocycles. The number of terminal acetylenes is 1. The summed E-state index contributed by atoms with van der Waals surface area (Å²) < 4.78 is 0. The second-order valence-electron chi connectivity index (χ2n) is 13.7. The second kappa shape index (κ2) is 17.6. The molecule has 37 heavy (non-hydrogen) atoms. The molecule has 0 N–H and O–H groups in total. The van der Waals surface area contributed by atoms with Crippen LogP contribution in [-0.4, -0.2) is 0 Å². The Morgan fingerprint density at radius 2 is 0.865 bits per heavy atom. The Morgan fingerprint density at radius 1 is 0.622 bits per heavy atom. The molecule has 0 rings (SSSR count). The van der Waals surface area contributed by atoms with E-state index in [9.17, 15) is 0 Å². The zero-order chi connectivity index (χ0) is 27.4. The predicted molar refractivity (Wildman–Crippen MR) is 167 cm³/mol. The largest absolute Gasteiger partial charge is 1.00 e. The van der Waals surface area contributed by atoms with Crippen molar-refractivity contribution in [3.63, 3.8) is 0 Å². The van der Waals surface area contributed by atoms with Gasteiger partial charge < -0.3 is 14.9 Å². The Balaban J connectivity index is -0.000000117. The fourth-order valence-corrected chi connectivity index (χ4v) is 4.25. The Labute approximate surface area is 283 Å². The molecule has 0 aromatic rings. The molecule has 0 aliphatic carbocycles. The second-order valence-corrected chi connectivity index (χ2v) is 13.7. The molecule has 0 saturated heterocycles. The van der Waals surface area contributed by atoms with Gasteiger partial charge in [-0.25, -0.2) is 36.1 Å². The van der Waals surface area contributed by atoms with Gasteiger partial charge in [0.15, 0.2) is 0 Å². The predicted octanol–water partition coefficient (Wildman–Crippen LogP) is 5.81. The van der Waals surface area contributed by atoms with Crippen LogP contribution >= 0.6 is 0 Å². The Morgan fingerprint density at radius 3 is 1.05 bits per heavy atom. The first-order valence-electron chi connectivity index (χ1n) is 12.9. The monoisotopic (exact) mass is 532 g/mol. The summed E-state index contributed by atoms with van der Waals surface area (Å²) in [6, 6.07) is 0. The number of allylic oxidation sites excluding steroid dienone is 2. The third-order valence-electron chi connectivity index (χ3n) is 10.7. The molecule has 0 bridgehead atoms. The van der Waals surface area contributed by atoms with E-state index in [-0.39, 0.29) is 106 Å². The molecular weight excluding hydrogens is 466 g/mol. The maximum atomic E-state index is 5.72. The minimum Gasteiger partial charge on any atom is -0.358 e. The van der Waals surface area contributed by atoms with Gasteiger partial charge in [-0.3, -0.25) is 0 Å². The molecule has 0 amide bonds. The van der Waals surface area contributed by atoms with Gasteiger partial charge in [-0.1, -0.05) is 120 Å². The maximum Gasteiger partial charge on any atom is 1.00 e. The van der Waals surface area contributed by atoms with Gasteiger partial charge in [-0.2, -0.15) is 0 Å². The zero-order valence-corrected chi connectivity index (χ0v) is 33.9. The molecule has 0 spiro atoms. The summed E-state index contributed by atoms with van der Waals surface area (Å²) in [5, 5.41) is 0. The van der Waals surface area contributed by atoms with Crippen molar-refractivity contribution >= 4 is 0 Å². The quantitative estimate of drug-likeness (QED) is 0.200. The summed E-state index contributed by atoms with van der Waals surface area (Å²) in [6.07, 6.45) is 7.77. The van der Waals surface area contributed by atoms with Gasteiger partial charge in [-0.15, -0.1) is 20.3 Å². The first-order valence-corrected chi connectivity index (χ1v) is 12.9. The van der Waals surface area contributed by atoms with Crippen LogP contribution in [0.2, 0.25) is 0 Å². The molecule has 0 aliphatic heterocycles. The van der Waals surface area contributed by atoms with E-state index in [2.05, 4.69) is 137 Å². The van der Waals surface area contributed by atoms with E-state index in [4.69, 9.17) is 6.42 Å². The Kier molecular flexibility index (Phi) is 24.0. The van der Waals surface area contributed by atoms with E-state index >= 15 is 0 Å². The fourth-order valence-electron chi connectivity index (χ4n) is 4.25. The first kappa shape index (κ1) is 50.6. The van der Waals surface area contributed by atoms with Gasteiger partial charge in [-0.05, 0) is 30.1 Å². The molecule has 2 heteroatoms. The number of rotatable bonds is 9. The van der Waals surface area contributed by atoms with E-state index in [1.807, 2.05) is 0 Å². The average molecular weight is 533 g/mol. The molecule has 0 fully saturated rings. The molecule has 0 atom stereocenters. The average Bonchev–Trinajstić information content (AvgIpc) is 2.70. The van der Waals surface area contributed by atoms with E-state index in [1.165, 1.54) is 23.0 Å². The zero-order valence-electron chi connectivity index (χ0n) is 29.9. The fraction of sp³-hybridized carbons (Fsp3) is 0.714. The summed E-state index contributed by atoms with van der Waals surface area (Å²) >= 11 is 0. The van der Waals surface area contributed by atoms with Crippen LogP contribution in [0.1, 0.15) is 131 Å². The molecule has 0 aromatic carbocycles. The van der Waals surface area contributed by atoms with Gasteiger partial charge >= 0.3 is 59.1 Å². The molecule has 210 valence electrons. The van der Waals surface area contributed by atoms with Crippen LogP contribution in [0.15, 0.2) is 24.3 Å². The van der Waals surface area contributed by atoms with Crippen LogP contribution in [0.25, 0.3) is 0 Å². The Bertz CT molecular complexity index is 703. The number of hydrogen-bond acceptors (Lipinski definition) is 0. The van der Waals surface area contributed by atoms with E-state index in [0.29, 0.717) is 0 Å². The maximum absolute atomic E-state index is 5.72. The number of hydrogen-bond donors (Lipinski definition) is 0. The van der Waals surface area contributed by atoms with Crippen LogP contribution in [0.4, 0.5) is 0 Å². The normalized spacial score (nSPS) is 12.0. The van der Waals surface area contributed by atoms with Crippen molar-refractivity contribution in [2.75, 3.05) is 0 Å². The van der Waals surface area contributed by atoms with Crippen LogP contribution in [-0.2, 0) is 0 Å². The topological polar surface area (TPSA) is 0 Å². The standard InChI is InChI=1S/C17H29.C16H31.2CH3.2Na/c1-11-13(3)14(4)16(7,8)17(9,10)15(5,6)12-2;1-11-12(2)13(3)15(7,8)16(9,10)14(4,5)6;;;;/h2H,3,11H2,1,4-10H3;2,11H2,1,3-10H3;2*1H3;;/q4*-1;2*+1. The van der Waals surface area contributed by atoms with Crippen molar-refractivity contribution in [1.29, 1.82) is 0 Å². The van der Waals surface area contributed by atoms with E-state index < -0.39 is 0 Å². The van der Waals surface area contributed by atoms with Gasteiger partial charge in [0.25, 0.3) is 0 Å². The van der Waals surface area contributed by atoms with E-state index in [1.54, 1.807) is 0 Å². The minimum absolute atomic E-state index is 0. The smallest absolute Gasteiger partial charge is 0.358 e.